The van der Waals surface area contributed by atoms with E-state index in [2.05, 4.69) is 10.3 Å². The van der Waals surface area contributed by atoms with Crippen LogP contribution in [0.5, 0.6) is 0 Å². The number of hydrogen-bond donors (Lipinski definition) is 1. The molecule has 0 aliphatic heterocycles. The molecule has 0 bridgehead atoms. The minimum absolute atomic E-state index is 0.0731. The molecule has 0 radical (unpaired) electrons. The van der Waals surface area contributed by atoms with Crippen LogP contribution in [0.25, 0.3) is 0 Å². The minimum Gasteiger partial charge on any atom is -0.362 e. The predicted molar refractivity (Wildman–Crippen MR) is 70.6 cm³/mol. The summed E-state index contributed by atoms with van der Waals surface area (Å²) in [5.41, 5.74) is 0.427. The molecule has 0 aromatic carbocycles. The molecule has 0 saturated carbocycles. The van der Waals surface area contributed by atoms with Gasteiger partial charge in [0.1, 0.15) is 15.7 Å². The van der Waals surface area contributed by atoms with Crippen LogP contribution in [0.4, 0.5) is 5.82 Å². The summed E-state index contributed by atoms with van der Waals surface area (Å²) < 4.78 is 21.9. The van der Waals surface area contributed by atoms with Crippen LogP contribution >= 0.6 is 0 Å². The maximum Gasteiger partial charge on any atom is 0.255 e. The van der Waals surface area contributed by atoms with Gasteiger partial charge in [-0.3, -0.25) is 4.79 Å². The van der Waals surface area contributed by atoms with Crippen molar-refractivity contribution < 1.29 is 13.2 Å². The summed E-state index contributed by atoms with van der Waals surface area (Å²) >= 11 is 0. The van der Waals surface area contributed by atoms with Crippen LogP contribution < -0.4 is 10.2 Å². The molecule has 0 atom stereocenters. The summed E-state index contributed by atoms with van der Waals surface area (Å²) in [5, 5.41) is 2.57. The molecule has 1 amide bonds. The number of hydrogen-bond acceptors (Lipinski definition) is 5. The average Bonchev–Trinajstić information content (AvgIpc) is 2.27. The van der Waals surface area contributed by atoms with Crippen molar-refractivity contribution in [2.75, 3.05) is 37.5 Å². The van der Waals surface area contributed by atoms with Gasteiger partial charge >= 0.3 is 0 Å². The quantitative estimate of drug-likeness (QED) is 0.810. The highest BCUT2D eigenvalue weighted by Gasteiger charge is 2.13. The number of amides is 1. The molecule has 1 aromatic rings. The van der Waals surface area contributed by atoms with Crippen molar-refractivity contribution in [1.82, 2.24) is 10.3 Å². The lowest BCUT2D eigenvalue weighted by Gasteiger charge is -2.15. The van der Waals surface area contributed by atoms with Gasteiger partial charge in [0.15, 0.2) is 0 Å². The second kappa shape index (κ2) is 5.81. The number of rotatable bonds is 5. The van der Waals surface area contributed by atoms with E-state index in [0.29, 0.717) is 11.4 Å². The third-order valence-corrected chi connectivity index (χ3v) is 3.16. The summed E-state index contributed by atoms with van der Waals surface area (Å²) in [6.07, 6.45) is 2.73. The van der Waals surface area contributed by atoms with Gasteiger partial charge in [0.25, 0.3) is 5.91 Å². The first kappa shape index (κ1) is 14.4. The second-order valence-electron chi connectivity index (χ2n) is 4.15. The van der Waals surface area contributed by atoms with E-state index in [4.69, 9.17) is 0 Å². The number of carbonyl (C=O) groups excluding carboxylic acids is 1. The van der Waals surface area contributed by atoms with E-state index in [0.717, 1.165) is 6.26 Å². The molecule has 0 aliphatic rings. The molecule has 0 unspecified atom stereocenters. The molecule has 1 rings (SSSR count). The molecule has 0 aliphatic carbocycles. The standard InChI is InChI=1S/C11H17N3O3S/c1-14(2)10-9(5-4-6-12-10)11(15)13-7-8-18(3,16)17/h4-6H,7-8H2,1-3H3,(H,13,15). The van der Waals surface area contributed by atoms with E-state index in [9.17, 15) is 13.2 Å². The maximum atomic E-state index is 11.9. The number of nitrogens with zero attached hydrogens (tertiary/aromatic N) is 2. The van der Waals surface area contributed by atoms with Crippen LogP contribution in [-0.4, -0.2) is 52.0 Å². The van der Waals surface area contributed by atoms with Gasteiger partial charge in [-0.05, 0) is 12.1 Å². The average molecular weight is 271 g/mol. The van der Waals surface area contributed by atoms with Gasteiger partial charge in [-0.1, -0.05) is 0 Å². The van der Waals surface area contributed by atoms with Crippen LogP contribution in [0.3, 0.4) is 0 Å². The Hall–Kier alpha value is -1.63. The lowest BCUT2D eigenvalue weighted by molar-refractivity contribution is 0.0956. The molecular weight excluding hydrogens is 254 g/mol. The molecule has 0 saturated heterocycles. The Morgan fingerprint density at radius 1 is 1.44 bits per heavy atom. The molecule has 0 fully saturated rings. The topological polar surface area (TPSA) is 79.4 Å². The van der Waals surface area contributed by atoms with Crippen molar-refractivity contribution in [1.29, 1.82) is 0 Å². The summed E-state index contributed by atoms with van der Waals surface area (Å²) in [7, 11) is 0.505. The number of anilines is 1. The Labute approximate surface area is 107 Å². The van der Waals surface area contributed by atoms with Crippen LogP contribution in [0.1, 0.15) is 10.4 Å². The van der Waals surface area contributed by atoms with E-state index >= 15 is 0 Å². The van der Waals surface area contributed by atoms with Crippen molar-refractivity contribution in [2.24, 2.45) is 0 Å². The molecule has 18 heavy (non-hydrogen) atoms. The molecule has 6 nitrogen and oxygen atoms in total. The van der Waals surface area contributed by atoms with Crippen LogP contribution in [0, 0.1) is 0 Å². The molecule has 0 spiro atoms. The van der Waals surface area contributed by atoms with E-state index in [-0.39, 0.29) is 18.2 Å². The van der Waals surface area contributed by atoms with Gasteiger partial charge in [-0.15, -0.1) is 0 Å². The molecule has 1 heterocycles. The molecule has 100 valence electrons. The summed E-state index contributed by atoms with van der Waals surface area (Å²) in [4.78, 5) is 17.7. The third-order valence-electron chi connectivity index (χ3n) is 2.21. The zero-order valence-corrected chi connectivity index (χ0v) is 11.5. The maximum absolute atomic E-state index is 11.9. The first-order valence-corrected chi connectivity index (χ1v) is 7.45. The largest absolute Gasteiger partial charge is 0.362 e. The zero-order valence-electron chi connectivity index (χ0n) is 10.7. The fraction of sp³-hybridized carbons (Fsp3) is 0.455. The van der Waals surface area contributed by atoms with Gasteiger partial charge < -0.3 is 10.2 Å². The highest BCUT2D eigenvalue weighted by Crippen LogP contribution is 2.13. The highest BCUT2D eigenvalue weighted by atomic mass is 32.2. The van der Waals surface area contributed by atoms with Gasteiger partial charge in [0, 0.05) is 33.1 Å². The monoisotopic (exact) mass is 271 g/mol. The first-order chi connectivity index (χ1) is 8.31. The summed E-state index contributed by atoms with van der Waals surface area (Å²) in [6, 6.07) is 3.32. The fourth-order valence-corrected chi connectivity index (χ4v) is 1.85. The molecule has 1 aromatic heterocycles. The Bertz CT molecular complexity index is 526. The minimum atomic E-state index is -3.07. The fourth-order valence-electron chi connectivity index (χ4n) is 1.38. The van der Waals surface area contributed by atoms with Crippen molar-refractivity contribution in [3.8, 4) is 0 Å². The van der Waals surface area contributed by atoms with Gasteiger partial charge in [0.2, 0.25) is 0 Å². The van der Waals surface area contributed by atoms with Crippen molar-refractivity contribution in [3.63, 3.8) is 0 Å². The molecule has 1 N–H and O–H groups in total. The van der Waals surface area contributed by atoms with Gasteiger partial charge in [-0.25, -0.2) is 13.4 Å². The summed E-state index contributed by atoms with van der Waals surface area (Å²) in [5.74, 6) is 0.154. The van der Waals surface area contributed by atoms with E-state index < -0.39 is 9.84 Å². The normalized spacial score (nSPS) is 11.1. The SMILES string of the molecule is CN(C)c1ncccc1C(=O)NCCS(C)(=O)=O. The Balaban J connectivity index is 2.73. The van der Waals surface area contributed by atoms with E-state index in [1.807, 2.05) is 0 Å². The van der Waals surface area contributed by atoms with E-state index in [1.165, 1.54) is 0 Å². The smallest absolute Gasteiger partial charge is 0.255 e. The van der Waals surface area contributed by atoms with Crippen LogP contribution in [0.2, 0.25) is 0 Å². The van der Waals surface area contributed by atoms with Gasteiger partial charge in [-0.2, -0.15) is 0 Å². The van der Waals surface area contributed by atoms with Crippen molar-refractivity contribution >= 4 is 21.6 Å². The van der Waals surface area contributed by atoms with Crippen LogP contribution in [-0.2, 0) is 9.84 Å². The number of carbonyl (C=O) groups is 1. The van der Waals surface area contributed by atoms with Crippen molar-refractivity contribution in [2.45, 2.75) is 0 Å². The number of nitrogens with one attached hydrogen (secondary N) is 1. The van der Waals surface area contributed by atoms with Crippen molar-refractivity contribution in [3.05, 3.63) is 23.9 Å². The zero-order chi connectivity index (χ0) is 13.8. The second-order valence-corrected chi connectivity index (χ2v) is 6.41. The predicted octanol–water partition coefficient (Wildman–Crippen LogP) is -0.0780. The number of sulfone groups is 1. The Morgan fingerprint density at radius 2 is 2.11 bits per heavy atom. The highest BCUT2D eigenvalue weighted by molar-refractivity contribution is 7.90. The summed E-state index contributed by atoms with van der Waals surface area (Å²) in [6.45, 7) is 0.0967. The first-order valence-electron chi connectivity index (χ1n) is 5.39. The molecule has 7 heteroatoms. The third kappa shape index (κ3) is 4.33. The Morgan fingerprint density at radius 3 is 2.67 bits per heavy atom. The van der Waals surface area contributed by atoms with E-state index in [1.54, 1.807) is 37.3 Å². The van der Waals surface area contributed by atoms with Gasteiger partial charge in [0.05, 0.1) is 11.3 Å². The number of pyridine rings is 1. The number of aromatic nitrogens is 1. The Kier molecular flexibility index (Phi) is 4.66. The van der Waals surface area contributed by atoms with Crippen LogP contribution in [0.15, 0.2) is 18.3 Å². The lowest BCUT2D eigenvalue weighted by atomic mass is 10.2. The molecular formula is C11H17N3O3S. The lowest BCUT2D eigenvalue weighted by Crippen LogP contribution is -2.30.